The van der Waals surface area contributed by atoms with Gasteiger partial charge in [-0.3, -0.25) is 9.78 Å². The molecule has 0 spiro atoms. The highest BCUT2D eigenvalue weighted by Crippen LogP contribution is 2.22. The number of hydrogen-bond donors (Lipinski definition) is 2. The number of nitrogens with one attached hydrogen (secondary N) is 1. The largest absolute Gasteiger partial charge is 0.373 e. The molecule has 0 fully saturated rings. The summed E-state index contributed by atoms with van der Waals surface area (Å²) in [7, 11) is 1.76. The molecular weight excluding hydrogens is 192 g/mol. The van der Waals surface area contributed by atoms with Crippen LogP contribution in [0.5, 0.6) is 0 Å². The summed E-state index contributed by atoms with van der Waals surface area (Å²) < 4.78 is 0. The van der Waals surface area contributed by atoms with Gasteiger partial charge in [-0.2, -0.15) is 0 Å². The van der Waals surface area contributed by atoms with Gasteiger partial charge in [-0.05, 0) is 6.07 Å². The van der Waals surface area contributed by atoms with Crippen LogP contribution in [0.25, 0.3) is 10.8 Å². The summed E-state index contributed by atoms with van der Waals surface area (Å²) in [5, 5.41) is 4.48. The average Bonchev–Trinajstić information content (AvgIpc) is 2.27. The predicted octanol–water partition coefficient (Wildman–Crippen LogP) is 0.770. The van der Waals surface area contributed by atoms with Gasteiger partial charge in [0, 0.05) is 36.4 Å². The van der Waals surface area contributed by atoms with Crippen LogP contribution in [0.2, 0.25) is 0 Å². The first-order chi connectivity index (χ1) is 7.24. The Kier molecular flexibility index (Phi) is 2.21. The first kappa shape index (κ1) is 9.39. The molecule has 0 bridgehead atoms. The van der Waals surface area contributed by atoms with E-state index in [9.17, 15) is 4.79 Å². The predicted molar refractivity (Wildman–Crippen MR) is 57.6 cm³/mol. The minimum atomic E-state index is -0.485. The first-order valence-corrected chi connectivity index (χ1v) is 4.44. The number of primary amides is 1. The van der Waals surface area contributed by atoms with Crippen LogP contribution < -0.4 is 11.1 Å². The van der Waals surface area contributed by atoms with Gasteiger partial charge < -0.3 is 11.1 Å². The van der Waals surface area contributed by atoms with E-state index < -0.39 is 5.91 Å². The smallest absolute Gasteiger partial charge is 0.250 e. The zero-order valence-corrected chi connectivity index (χ0v) is 8.19. The highest BCUT2D eigenvalue weighted by atomic mass is 16.1. The number of hydrogen-bond acceptors (Lipinski definition) is 4. The van der Waals surface area contributed by atoms with Crippen LogP contribution in [0.15, 0.2) is 24.7 Å². The molecule has 0 aromatic carbocycles. The molecule has 0 atom stereocenters. The quantitative estimate of drug-likeness (QED) is 0.753. The third-order valence-corrected chi connectivity index (χ3v) is 2.19. The summed E-state index contributed by atoms with van der Waals surface area (Å²) >= 11 is 0. The van der Waals surface area contributed by atoms with E-state index in [0.717, 1.165) is 10.8 Å². The number of nitrogens with zero attached hydrogens (tertiary/aromatic N) is 2. The first-order valence-electron chi connectivity index (χ1n) is 4.44. The number of amides is 1. The van der Waals surface area contributed by atoms with E-state index >= 15 is 0 Å². The zero-order valence-electron chi connectivity index (χ0n) is 8.19. The summed E-state index contributed by atoms with van der Waals surface area (Å²) in [5.41, 5.74) is 5.66. The van der Waals surface area contributed by atoms with Gasteiger partial charge >= 0.3 is 0 Å². The summed E-state index contributed by atoms with van der Waals surface area (Å²) in [6.45, 7) is 0. The molecule has 5 heteroatoms. The number of aromatic nitrogens is 2. The summed E-state index contributed by atoms with van der Waals surface area (Å²) in [5.74, 6) is 0.199. The molecule has 5 nitrogen and oxygen atoms in total. The maximum Gasteiger partial charge on any atom is 0.250 e. The second kappa shape index (κ2) is 3.53. The Labute approximate surface area is 86.3 Å². The molecule has 1 amide bonds. The molecule has 0 aliphatic heterocycles. The van der Waals surface area contributed by atoms with Crippen molar-refractivity contribution in [3.05, 3.63) is 30.2 Å². The van der Waals surface area contributed by atoms with Crippen LogP contribution in [0.3, 0.4) is 0 Å². The maximum atomic E-state index is 11.2. The minimum Gasteiger partial charge on any atom is -0.373 e. The molecule has 0 saturated heterocycles. The van der Waals surface area contributed by atoms with Gasteiger partial charge in [0.25, 0.3) is 5.91 Å². The number of nitrogens with two attached hydrogens (primary N) is 1. The molecule has 2 aromatic rings. The number of carbonyl (C=O) groups is 1. The van der Waals surface area contributed by atoms with Crippen LogP contribution in [-0.4, -0.2) is 22.9 Å². The van der Waals surface area contributed by atoms with Crippen LogP contribution in [0.1, 0.15) is 10.4 Å². The van der Waals surface area contributed by atoms with E-state index in [2.05, 4.69) is 15.3 Å². The van der Waals surface area contributed by atoms with E-state index in [1.165, 1.54) is 6.20 Å². The highest BCUT2D eigenvalue weighted by Gasteiger charge is 2.09. The molecule has 2 rings (SSSR count). The summed E-state index contributed by atoms with van der Waals surface area (Å²) in [6.07, 6.45) is 4.74. The third-order valence-electron chi connectivity index (χ3n) is 2.19. The molecule has 76 valence electrons. The van der Waals surface area contributed by atoms with Crippen molar-refractivity contribution in [1.82, 2.24) is 9.97 Å². The molecule has 0 aliphatic rings. The van der Waals surface area contributed by atoms with Crippen molar-refractivity contribution >= 4 is 22.5 Å². The van der Waals surface area contributed by atoms with E-state index in [1.54, 1.807) is 25.5 Å². The van der Waals surface area contributed by atoms with Crippen molar-refractivity contribution in [3.63, 3.8) is 0 Å². The molecule has 15 heavy (non-hydrogen) atoms. The van der Waals surface area contributed by atoms with Gasteiger partial charge in [0.2, 0.25) is 0 Å². The molecule has 3 N–H and O–H groups in total. The number of rotatable bonds is 2. The zero-order chi connectivity index (χ0) is 10.8. The van der Waals surface area contributed by atoms with Crippen LogP contribution in [0, 0.1) is 0 Å². The van der Waals surface area contributed by atoms with Crippen LogP contribution in [0.4, 0.5) is 5.82 Å². The molecule has 2 heterocycles. The van der Waals surface area contributed by atoms with Gasteiger partial charge in [-0.1, -0.05) is 0 Å². The highest BCUT2D eigenvalue weighted by molar-refractivity contribution is 6.08. The third kappa shape index (κ3) is 1.48. The van der Waals surface area contributed by atoms with Crippen molar-refractivity contribution in [2.75, 3.05) is 12.4 Å². The van der Waals surface area contributed by atoms with Crippen molar-refractivity contribution in [2.45, 2.75) is 0 Å². The van der Waals surface area contributed by atoms with Gasteiger partial charge in [-0.25, -0.2) is 4.98 Å². The fourth-order valence-corrected chi connectivity index (χ4v) is 1.48. The van der Waals surface area contributed by atoms with E-state index in [-0.39, 0.29) is 0 Å². The molecule has 0 unspecified atom stereocenters. The summed E-state index contributed by atoms with van der Waals surface area (Å²) in [4.78, 5) is 19.2. The average molecular weight is 202 g/mol. The van der Waals surface area contributed by atoms with E-state index in [1.807, 2.05) is 0 Å². The standard InChI is InChI=1S/C10H10N4O/c1-12-10-8-4-13-3-2-6(8)7(5-14-10)9(11)15/h2-5H,1H3,(H2,11,15)(H,12,14). The molecule has 0 aliphatic carbocycles. The van der Waals surface area contributed by atoms with Crippen molar-refractivity contribution in [2.24, 2.45) is 5.73 Å². The topological polar surface area (TPSA) is 80.9 Å². The van der Waals surface area contributed by atoms with Gasteiger partial charge in [-0.15, -0.1) is 0 Å². The monoisotopic (exact) mass is 202 g/mol. The van der Waals surface area contributed by atoms with Crippen LogP contribution >= 0.6 is 0 Å². The Morgan fingerprint density at radius 2 is 2.20 bits per heavy atom. The van der Waals surface area contributed by atoms with Gasteiger partial charge in [0.15, 0.2) is 0 Å². The summed E-state index contributed by atoms with van der Waals surface area (Å²) in [6, 6.07) is 1.75. The Morgan fingerprint density at radius 1 is 1.40 bits per heavy atom. The maximum absolute atomic E-state index is 11.2. The number of pyridine rings is 2. The lowest BCUT2D eigenvalue weighted by molar-refractivity contribution is 0.100. The van der Waals surface area contributed by atoms with Crippen molar-refractivity contribution in [1.29, 1.82) is 0 Å². The SMILES string of the molecule is CNc1ncc(C(N)=O)c2ccncc12. The fourth-order valence-electron chi connectivity index (χ4n) is 1.48. The number of fused-ring (bicyclic) bond motifs is 1. The molecule has 0 saturated carbocycles. The fraction of sp³-hybridized carbons (Fsp3) is 0.100. The van der Waals surface area contributed by atoms with E-state index in [4.69, 9.17) is 5.73 Å². The van der Waals surface area contributed by atoms with Crippen LogP contribution in [-0.2, 0) is 0 Å². The van der Waals surface area contributed by atoms with Gasteiger partial charge in [0.05, 0.1) is 5.56 Å². The lowest BCUT2D eigenvalue weighted by atomic mass is 10.1. The van der Waals surface area contributed by atoms with Gasteiger partial charge in [0.1, 0.15) is 5.82 Å². The molecule has 0 radical (unpaired) electrons. The second-order valence-corrected chi connectivity index (χ2v) is 3.06. The Balaban J connectivity index is 2.83. The van der Waals surface area contributed by atoms with E-state index in [0.29, 0.717) is 11.4 Å². The lowest BCUT2D eigenvalue weighted by Crippen LogP contribution is -2.12. The normalized spacial score (nSPS) is 10.2. The Morgan fingerprint density at radius 3 is 2.87 bits per heavy atom. The molecule has 2 aromatic heterocycles. The second-order valence-electron chi connectivity index (χ2n) is 3.06. The Hall–Kier alpha value is -2.17. The lowest BCUT2D eigenvalue weighted by Gasteiger charge is -2.06. The number of anilines is 1. The minimum absolute atomic E-state index is 0.409. The van der Waals surface area contributed by atoms with Crippen molar-refractivity contribution < 1.29 is 4.79 Å². The van der Waals surface area contributed by atoms with Crippen molar-refractivity contribution in [3.8, 4) is 0 Å². The molecular formula is C10H10N4O. The number of carbonyl (C=O) groups excluding carboxylic acids is 1. The Bertz CT molecular complexity index is 524.